The highest BCUT2D eigenvalue weighted by molar-refractivity contribution is 6.20. The van der Waals surface area contributed by atoms with Crippen LogP contribution in [0.5, 0.6) is 0 Å². The Morgan fingerprint density at radius 2 is 1.00 bits per heavy atom. The van der Waals surface area contributed by atoms with Crippen molar-refractivity contribution < 1.29 is 4.42 Å². The third-order valence-electron chi connectivity index (χ3n) is 9.04. The third kappa shape index (κ3) is 3.63. The molecule has 45 heavy (non-hydrogen) atoms. The molecule has 0 saturated heterocycles. The fourth-order valence-corrected chi connectivity index (χ4v) is 6.96. The van der Waals surface area contributed by atoms with Crippen LogP contribution in [0.25, 0.3) is 99.9 Å². The van der Waals surface area contributed by atoms with Gasteiger partial charge in [0.2, 0.25) is 0 Å². The molecule has 2 heterocycles. The van der Waals surface area contributed by atoms with Crippen LogP contribution >= 0.6 is 0 Å². The Morgan fingerprint density at radius 3 is 1.82 bits per heavy atom. The molecule has 10 rings (SSSR count). The van der Waals surface area contributed by atoms with E-state index in [1.54, 1.807) is 0 Å². The van der Waals surface area contributed by atoms with E-state index in [1.165, 1.54) is 38.4 Å². The number of fused-ring (bicyclic) bond motifs is 7. The molecule has 0 saturated carbocycles. The highest BCUT2D eigenvalue weighted by Crippen LogP contribution is 2.50. The van der Waals surface area contributed by atoms with Gasteiger partial charge < -0.3 is 4.42 Å². The molecule has 0 aliphatic heterocycles. The number of benzene rings is 7. The average Bonchev–Trinajstić information content (AvgIpc) is 3.63. The molecule has 1 aliphatic rings. The van der Waals surface area contributed by atoms with Gasteiger partial charge in [0.25, 0.3) is 0 Å². The lowest BCUT2D eigenvalue weighted by Crippen LogP contribution is -2.00. The minimum atomic E-state index is 0.617. The summed E-state index contributed by atoms with van der Waals surface area (Å²) in [5.41, 5.74) is 9.42. The lowest BCUT2D eigenvalue weighted by molar-refractivity contribution is 0.669. The summed E-state index contributed by atoms with van der Waals surface area (Å²) in [7, 11) is 0. The van der Waals surface area contributed by atoms with E-state index < -0.39 is 0 Å². The van der Waals surface area contributed by atoms with Gasteiger partial charge in [-0.15, -0.1) is 0 Å². The molecule has 0 N–H and O–H groups in total. The molecule has 0 fully saturated rings. The molecule has 7 aromatic carbocycles. The van der Waals surface area contributed by atoms with E-state index in [0.717, 1.165) is 44.0 Å². The molecule has 2 aromatic heterocycles. The number of furan rings is 1. The zero-order chi connectivity index (χ0) is 29.5. The van der Waals surface area contributed by atoms with Crippen molar-refractivity contribution in [1.82, 2.24) is 15.0 Å². The molecular formula is C41H23N3O. The Balaban J connectivity index is 1.23. The molecule has 208 valence electrons. The standard InChI is InChI=1S/C41H23N3O/c1-2-10-26(11-3-1)39-42-40(28-20-19-24-9-4-5-12-27(24)21-28)44-41(43-39)31-17-8-18-35-38(31)34-22-32-29-15-6-13-25-14-7-16-30(37(25)29)33(32)23-36(34)45-35/h1-23H. The van der Waals surface area contributed by atoms with Crippen LogP contribution in [0.2, 0.25) is 0 Å². The van der Waals surface area contributed by atoms with E-state index in [2.05, 4.69) is 97.1 Å². The van der Waals surface area contributed by atoms with E-state index in [4.69, 9.17) is 19.4 Å². The zero-order valence-corrected chi connectivity index (χ0v) is 24.0. The first-order valence-electron chi connectivity index (χ1n) is 15.1. The largest absolute Gasteiger partial charge is 0.456 e. The molecule has 0 radical (unpaired) electrons. The van der Waals surface area contributed by atoms with Gasteiger partial charge in [-0.05, 0) is 68.1 Å². The maximum absolute atomic E-state index is 6.54. The van der Waals surface area contributed by atoms with Crippen molar-refractivity contribution in [3.8, 4) is 56.4 Å². The molecule has 0 spiro atoms. The molecule has 0 amide bonds. The van der Waals surface area contributed by atoms with Gasteiger partial charge in [-0.3, -0.25) is 0 Å². The van der Waals surface area contributed by atoms with Crippen LogP contribution in [0.4, 0.5) is 0 Å². The molecule has 9 aromatic rings. The van der Waals surface area contributed by atoms with Gasteiger partial charge >= 0.3 is 0 Å². The van der Waals surface area contributed by atoms with Crippen molar-refractivity contribution in [3.63, 3.8) is 0 Å². The van der Waals surface area contributed by atoms with Crippen LogP contribution in [0.1, 0.15) is 0 Å². The minimum Gasteiger partial charge on any atom is -0.456 e. The first-order valence-corrected chi connectivity index (χ1v) is 15.1. The van der Waals surface area contributed by atoms with Crippen LogP contribution in [-0.2, 0) is 0 Å². The molecule has 4 heteroatoms. The smallest absolute Gasteiger partial charge is 0.164 e. The fraction of sp³-hybridized carbons (Fsp3) is 0. The van der Waals surface area contributed by atoms with Crippen molar-refractivity contribution in [2.24, 2.45) is 0 Å². The van der Waals surface area contributed by atoms with Gasteiger partial charge in [-0.2, -0.15) is 0 Å². The monoisotopic (exact) mass is 573 g/mol. The Kier molecular flexibility index (Phi) is 4.96. The summed E-state index contributed by atoms with van der Waals surface area (Å²) in [4.78, 5) is 15.2. The SMILES string of the molecule is c1ccc(-c2nc(-c3ccc4ccccc4c3)nc(-c3cccc4oc5cc6c(cc5c34)-c3cccc4cccc-6c34)n2)cc1. The minimum absolute atomic E-state index is 0.617. The Morgan fingerprint density at radius 1 is 0.356 bits per heavy atom. The topological polar surface area (TPSA) is 51.8 Å². The second kappa shape index (κ2) is 9.18. The maximum Gasteiger partial charge on any atom is 0.164 e. The van der Waals surface area contributed by atoms with E-state index in [0.29, 0.717) is 17.5 Å². The van der Waals surface area contributed by atoms with Gasteiger partial charge in [0.05, 0.1) is 0 Å². The van der Waals surface area contributed by atoms with Crippen LogP contribution in [0.3, 0.4) is 0 Å². The molecule has 1 aliphatic carbocycles. The van der Waals surface area contributed by atoms with E-state index in [1.807, 2.05) is 42.5 Å². The maximum atomic E-state index is 6.54. The van der Waals surface area contributed by atoms with Gasteiger partial charge in [0.1, 0.15) is 11.2 Å². The first kappa shape index (κ1) is 24.3. The molecule has 0 bridgehead atoms. The van der Waals surface area contributed by atoms with Crippen LogP contribution < -0.4 is 0 Å². The second-order valence-corrected chi connectivity index (χ2v) is 11.6. The lowest BCUT2D eigenvalue weighted by atomic mass is 9.99. The second-order valence-electron chi connectivity index (χ2n) is 11.6. The van der Waals surface area contributed by atoms with Crippen molar-refractivity contribution >= 4 is 43.5 Å². The van der Waals surface area contributed by atoms with Gasteiger partial charge in [0, 0.05) is 27.5 Å². The number of hydrogen-bond donors (Lipinski definition) is 0. The van der Waals surface area contributed by atoms with Crippen LogP contribution in [-0.4, -0.2) is 15.0 Å². The quantitative estimate of drug-likeness (QED) is 0.211. The highest BCUT2D eigenvalue weighted by atomic mass is 16.3. The van der Waals surface area contributed by atoms with Gasteiger partial charge in [-0.1, -0.05) is 115 Å². The zero-order valence-electron chi connectivity index (χ0n) is 24.0. The normalized spacial score (nSPS) is 12.0. The Hall–Kier alpha value is -6.13. The number of aromatic nitrogens is 3. The number of rotatable bonds is 3. The van der Waals surface area contributed by atoms with E-state index in [9.17, 15) is 0 Å². The predicted molar refractivity (Wildman–Crippen MR) is 183 cm³/mol. The summed E-state index contributed by atoms with van der Waals surface area (Å²) < 4.78 is 6.54. The molecule has 0 atom stereocenters. The summed E-state index contributed by atoms with van der Waals surface area (Å²) >= 11 is 0. The van der Waals surface area contributed by atoms with Gasteiger partial charge in [0.15, 0.2) is 17.5 Å². The van der Waals surface area contributed by atoms with E-state index >= 15 is 0 Å². The average molecular weight is 574 g/mol. The summed E-state index contributed by atoms with van der Waals surface area (Å²) in [6, 6.07) is 48.5. The highest BCUT2D eigenvalue weighted by Gasteiger charge is 2.25. The summed E-state index contributed by atoms with van der Waals surface area (Å²) in [6.07, 6.45) is 0. The summed E-state index contributed by atoms with van der Waals surface area (Å²) in [6.45, 7) is 0. The molecule has 4 nitrogen and oxygen atoms in total. The predicted octanol–water partition coefficient (Wildman–Crippen LogP) is 10.7. The van der Waals surface area contributed by atoms with Gasteiger partial charge in [-0.25, -0.2) is 15.0 Å². The van der Waals surface area contributed by atoms with E-state index in [-0.39, 0.29) is 0 Å². The Bertz CT molecular complexity index is 2650. The van der Waals surface area contributed by atoms with Crippen LogP contribution in [0.15, 0.2) is 144 Å². The van der Waals surface area contributed by atoms with Crippen molar-refractivity contribution in [2.75, 3.05) is 0 Å². The Labute approximate surface area is 258 Å². The fourth-order valence-electron chi connectivity index (χ4n) is 6.96. The first-order chi connectivity index (χ1) is 22.3. The van der Waals surface area contributed by atoms with Crippen molar-refractivity contribution in [3.05, 3.63) is 140 Å². The summed E-state index contributed by atoms with van der Waals surface area (Å²) in [5.74, 6) is 1.89. The number of nitrogens with zero attached hydrogens (tertiary/aromatic N) is 3. The summed E-state index contributed by atoms with van der Waals surface area (Å²) in [5, 5.41) is 6.94. The van der Waals surface area contributed by atoms with Crippen molar-refractivity contribution in [2.45, 2.75) is 0 Å². The van der Waals surface area contributed by atoms with Crippen molar-refractivity contribution in [1.29, 1.82) is 0 Å². The molecular weight excluding hydrogens is 550 g/mol. The lowest BCUT2D eigenvalue weighted by Gasteiger charge is -2.10. The number of hydrogen-bond acceptors (Lipinski definition) is 4. The van der Waals surface area contributed by atoms with Crippen LogP contribution in [0, 0.1) is 0 Å². The third-order valence-corrected chi connectivity index (χ3v) is 9.04. The molecule has 0 unspecified atom stereocenters.